The summed E-state index contributed by atoms with van der Waals surface area (Å²) in [7, 11) is 1.53. The lowest BCUT2D eigenvalue weighted by atomic mass is 9.81. The lowest BCUT2D eigenvalue weighted by molar-refractivity contribution is -0.157. The maximum Gasteiger partial charge on any atom is 0.329 e. The molecule has 2 saturated carbocycles. The monoisotopic (exact) mass is 385 g/mol. The number of fused-ring (bicyclic) bond motifs is 5. The Bertz CT molecular complexity index is 804. The van der Waals surface area contributed by atoms with Gasteiger partial charge in [0.25, 0.3) is 0 Å². The first-order valence-corrected chi connectivity index (χ1v) is 9.63. The van der Waals surface area contributed by atoms with Crippen LogP contribution in [0.25, 0.3) is 0 Å². The first-order chi connectivity index (χ1) is 13.4. The number of Topliss-reactive ketones (excluding diaryl/α,β-unsaturated/α-hetero) is 1. The van der Waals surface area contributed by atoms with Gasteiger partial charge in [0.15, 0.2) is 12.4 Å². The fraction of sp³-hybridized carbons (Fsp3) is 0.524. The van der Waals surface area contributed by atoms with E-state index in [9.17, 15) is 19.2 Å². The summed E-state index contributed by atoms with van der Waals surface area (Å²) in [4.78, 5) is 51.2. The molecule has 0 N–H and O–H groups in total. The van der Waals surface area contributed by atoms with E-state index in [4.69, 9.17) is 9.47 Å². The average Bonchev–Trinajstić information content (AvgIpc) is 3.39. The van der Waals surface area contributed by atoms with E-state index in [-0.39, 0.29) is 41.3 Å². The van der Waals surface area contributed by atoms with E-state index in [2.05, 4.69) is 0 Å². The van der Waals surface area contributed by atoms with Crippen LogP contribution in [-0.4, -0.2) is 48.2 Å². The summed E-state index contributed by atoms with van der Waals surface area (Å²) < 4.78 is 10.2. The fourth-order valence-electron chi connectivity index (χ4n) is 5.04. The van der Waals surface area contributed by atoms with Crippen molar-refractivity contribution in [2.75, 3.05) is 13.7 Å². The summed E-state index contributed by atoms with van der Waals surface area (Å²) in [5.74, 6) is -1.03. The van der Waals surface area contributed by atoms with Crippen LogP contribution in [0.2, 0.25) is 0 Å². The molecule has 7 nitrogen and oxygen atoms in total. The zero-order valence-electron chi connectivity index (χ0n) is 15.9. The molecule has 4 rings (SSSR count). The number of rotatable bonds is 6. The van der Waals surface area contributed by atoms with Crippen molar-refractivity contribution >= 4 is 23.6 Å². The predicted molar refractivity (Wildman–Crippen MR) is 97.4 cm³/mol. The molecular formula is C21H23NO6. The first kappa shape index (κ1) is 18.7. The number of ketones is 1. The molecule has 2 aliphatic carbocycles. The van der Waals surface area contributed by atoms with Crippen LogP contribution in [0.5, 0.6) is 5.75 Å². The van der Waals surface area contributed by atoms with Gasteiger partial charge in [-0.05, 0) is 62.3 Å². The molecule has 148 valence electrons. The number of amides is 2. The van der Waals surface area contributed by atoms with E-state index in [1.807, 2.05) is 0 Å². The minimum Gasteiger partial charge on any atom is -0.497 e. The number of ether oxygens (including phenoxy) is 2. The third-order valence-electron chi connectivity index (χ3n) is 6.45. The zero-order chi connectivity index (χ0) is 20.0. The molecule has 0 unspecified atom stereocenters. The minimum absolute atomic E-state index is 0.256. The second-order valence-electron chi connectivity index (χ2n) is 7.87. The number of likely N-dealkylation sites (tertiary alicyclic amines) is 1. The van der Waals surface area contributed by atoms with Crippen molar-refractivity contribution < 1.29 is 28.7 Å². The van der Waals surface area contributed by atoms with E-state index in [0.717, 1.165) is 24.2 Å². The van der Waals surface area contributed by atoms with Gasteiger partial charge in [0.1, 0.15) is 11.8 Å². The van der Waals surface area contributed by atoms with Gasteiger partial charge in [-0.3, -0.25) is 19.3 Å². The Balaban J connectivity index is 1.37. The Morgan fingerprint density at radius 1 is 1.07 bits per heavy atom. The fourth-order valence-corrected chi connectivity index (χ4v) is 5.04. The van der Waals surface area contributed by atoms with E-state index < -0.39 is 18.6 Å². The van der Waals surface area contributed by atoms with Crippen molar-refractivity contribution in [2.45, 2.75) is 32.2 Å². The number of benzene rings is 1. The number of hydrogen-bond acceptors (Lipinski definition) is 6. The smallest absolute Gasteiger partial charge is 0.329 e. The predicted octanol–water partition coefficient (Wildman–Crippen LogP) is 1.84. The highest BCUT2D eigenvalue weighted by molar-refractivity contribution is 6.08. The first-order valence-electron chi connectivity index (χ1n) is 9.63. The summed E-state index contributed by atoms with van der Waals surface area (Å²) in [6, 6.07) is 5.44. The molecule has 3 fully saturated rings. The van der Waals surface area contributed by atoms with Crippen molar-refractivity contribution in [3.8, 4) is 5.75 Å². The van der Waals surface area contributed by atoms with Crippen molar-refractivity contribution in [1.29, 1.82) is 0 Å². The van der Waals surface area contributed by atoms with Crippen molar-refractivity contribution in [3.05, 3.63) is 29.8 Å². The zero-order valence-corrected chi connectivity index (χ0v) is 15.9. The van der Waals surface area contributed by atoms with Gasteiger partial charge in [0, 0.05) is 5.56 Å². The molecule has 1 aromatic carbocycles. The minimum atomic E-state index is -1.02. The standard InChI is InChI=1S/C21H23NO6/c1-11(21(26)28-10-16(23)12-5-7-15(27-2)8-6-12)22-19(24)17-13-3-4-14(9-13)18(17)20(22)25/h5-8,11,13-14,17-18H,3-4,9-10H2,1-2H3/t11-,13+,14+,17+,18+/m1/s1. The number of nitrogens with zero attached hydrogens (tertiary/aromatic N) is 1. The summed E-state index contributed by atoms with van der Waals surface area (Å²) >= 11 is 0. The van der Waals surface area contributed by atoms with Crippen LogP contribution in [-0.2, 0) is 19.1 Å². The number of esters is 1. The van der Waals surface area contributed by atoms with Gasteiger partial charge >= 0.3 is 5.97 Å². The number of methoxy groups -OCH3 is 1. The van der Waals surface area contributed by atoms with Crippen molar-refractivity contribution in [3.63, 3.8) is 0 Å². The average molecular weight is 385 g/mol. The van der Waals surface area contributed by atoms with Crippen LogP contribution in [0.15, 0.2) is 24.3 Å². The highest BCUT2D eigenvalue weighted by atomic mass is 16.5. The normalized spacial score (nSPS) is 29.0. The van der Waals surface area contributed by atoms with Crippen molar-refractivity contribution in [2.24, 2.45) is 23.7 Å². The number of carbonyl (C=O) groups is 4. The molecule has 3 aliphatic rings. The van der Waals surface area contributed by atoms with Crippen LogP contribution < -0.4 is 4.74 Å². The van der Waals surface area contributed by atoms with E-state index in [1.165, 1.54) is 14.0 Å². The molecule has 1 saturated heterocycles. The van der Waals surface area contributed by atoms with E-state index >= 15 is 0 Å². The second kappa shape index (κ2) is 7.04. The molecule has 7 heteroatoms. The Kier molecular flexibility index (Phi) is 4.69. The molecule has 28 heavy (non-hydrogen) atoms. The summed E-state index contributed by atoms with van der Waals surface area (Å²) in [6.07, 6.45) is 2.90. The lowest BCUT2D eigenvalue weighted by Crippen LogP contribution is -2.45. The molecule has 1 aliphatic heterocycles. The number of carbonyl (C=O) groups excluding carboxylic acids is 4. The molecule has 5 atom stereocenters. The highest BCUT2D eigenvalue weighted by Crippen LogP contribution is 2.56. The van der Waals surface area contributed by atoms with Crippen LogP contribution >= 0.6 is 0 Å². The highest BCUT2D eigenvalue weighted by Gasteiger charge is 2.62. The van der Waals surface area contributed by atoms with Crippen molar-refractivity contribution in [1.82, 2.24) is 4.90 Å². The largest absolute Gasteiger partial charge is 0.497 e. The van der Waals surface area contributed by atoms with Crippen LogP contribution in [0.3, 0.4) is 0 Å². The van der Waals surface area contributed by atoms with Crippen LogP contribution in [0.1, 0.15) is 36.5 Å². The molecular weight excluding hydrogens is 362 g/mol. The Morgan fingerprint density at radius 3 is 2.18 bits per heavy atom. The Labute approximate surface area is 163 Å². The summed E-state index contributed by atoms with van der Waals surface area (Å²) in [6.45, 7) is 1.04. The SMILES string of the molecule is COc1ccc(C(=O)COC(=O)[C@@H](C)N2C(=O)[C@H]3[C@H]4CC[C@@H](C4)[C@@H]3C2=O)cc1. The van der Waals surface area contributed by atoms with Gasteiger partial charge in [0.2, 0.25) is 11.8 Å². The molecule has 2 amide bonds. The molecule has 2 bridgehead atoms. The Hall–Kier alpha value is -2.70. The van der Waals surface area contributed by atoms with Crippen LogP contribution in [0.4, 0.5) is 0 Å². The maximum absolute atomic E-state index is 12.8. The Morgan fingerprint density at radius 2 is 1.64 bits per heavy atom. The number of imide groups is 1. The third-order valence-corrected chi connectivity index (χ3v) is 6.45. The van der Waals surface area contributed by atoms with Gasteiger partial charge in [-0.1, -0.05) is 0 Å². The van der Waals surface area contributed by atoms with Gasteiger partial charge in [-0.25, -0.2) is 4.79 Å². The van der Waals surface area contributed by atoms with Gasteiger partial charge < -0.3 is 9.47 Å². The summed E-state index contributed by atoms with van der Waals surface area (Å²) in [5, 5.41) is 0. The molecule has 1 aromatic rings. The maximum atomic E-state index is 12.8. The molecule has 0 spiro atoms. The molecule has 0 aromatic heterocycles. The third kappa shape index (κ3) is 2.89. The van der Waals surface area contributed by atoms with E-state index in [0.29, 0.717) is 11.3 Å². The van der Waals surface area contributed by atoms with Gasteiger partial charge in [-0.2, -0.15) is 0 Å². The number of hydrogen-bond donors (Lipinski definition) is 0. The quantitative estimate of drug-likeness (QED) is 0.422. The topological polar surface area (TPSA) is 90.0 Å². The lowest BCUT2D eigenvalue weighted by Gasteiger charge is -2.22. The summed E-state index contributed by atoms with van der Waals surface area (Å²) in [5.41, 5.74) is 0.390. The molecule has 1 heterocycles. The van der Waals surface area contributed by atoms with Gasteiger partial charge in [0.05, 0.1) is 18.9 Å². The molecule has 0 radical (unpaired) electrons. The van der Waals surface area contributed by atoms with Crippen LogP contribution in [0, 0.1) is 23.7 Å². The van der Waals surface area contributed by atoms with Gasteiger partial charge in [-0.15, -0.1) is 0 Å². The second-order valence-corrected chi connectivity index (χ2v) is 7.87. The van der Waals surface area contributed by atoms with E-state index in [1.54, 1.807) is 24.3 Å².